The van der Waals surface area contributed by atoms with E-state index in [4.69, 9.17) is 0 Å². The first-order chi connectivity index (χ1) is 6.97. The maximum Gasteiger partial charge on any atom is 0.120 e. The molecular formula is C14H22O. The van der Waals surface area contributed by atoms with Crippen molar-refractivity contribution in [3.05, 3.63) is 11.6 Å². The van der Waals surface area contributed by atoms with E-state index in [9.17, 15) is 4.79 Å². The average molecular weight is 206 g/mol. The van der Waals surface area contributed by atoms with Crippen LogP contribution >= 0.6 is 0 Å². The van der Waals surface area contributed by atoms with Crippen LogP contribution in [0.25, 0.3) is 0 Å². The highest BCUT2D eigenvalue weighted by Gasteiger charge is 2.50. The van der Waals surface area contributed by atoms with Crippen LogP contribution in [-0.4, -0.2) is 6.29 Å². The highest BCUT2D eigenvalue weighted by molar-refractivity contribution is 5.49. The molecule has 2 aliphatic rings. The van der Waals surface area contributed by atoms with Gasteiger partial charge in [-0.25, -0.2) is 0 Å². The number of rotatable bonds is 3. The minimum atomic E-state index is 0.370. The number of carbonyl (C=O) groups is 1. The second-order valence-electron chi connectivity index (χ2n) is 6.38. The highest BCUT2D eigenvalue weighted by Crippen LogP contribution is 2.61. The number of allylic oxidation sites excluding steroid dienone is 2. The van der Waals surface area contributed by atoms with Gasteiger partial charge < -0.3 is 4.79 Å². The Morgan fingerprint density at radius 1 is 1.53 bits per heavy atom. The fraction of sp³-hybridized carbons (Fsp3) is 0.786. The van der Waals surface area contributed by atoms with Crippen LogP contribution in [0.4, 0.5) is 0 Å². The van der Waals surface area contributed by atoms with Gasteiger partial charge in [-0.15, -0.1) is 0 Å². The Morgan fingerprint density at radius 2 is 2.27 bits per heavy atom. The van der Waals surface area contributed by atoms with Crippen molar-refractivity contribution >= 4 is 6.29 Å². The Kier molecular flexibility index (Phi) is 2.52. The largest absolute Gasteiger partial charge is 0.303 e. The van der Waals surface area contributed by atoms with Crippen LogP contribution in [0, 0.1) is 16.7 Å². The van der Waals surface area contributed by atoms with Crippen LogP contribution in [0.1, 0.15) is 52.9 Å². The Bertz CT molecular complexity index is 300. The number of carbonyl (C=O) groups excluding carboxylic acids is 1. The number of hydrogen-bond acceptors (Lipinski definition) is 1. The first kappa shape index (κ1) is 10.9. The Balaban J connectivity index is 2.20. The predicted molar refractivity (Wildman–Crippen MR) is 62.6 cm³/mol. The lowest BCUT2D eigenvalue weighted by Gasteiger charge is -2.28. The number of fused-ring (bicyclic) bond motifs is 1. The summed E-state index contributed by atoms with van der Waals surface area (Å²) < 4.78 is 0. The quantitative estimate of drug-likeness (QED) is 0.508. The van der Waals surface area contributed by atoms with Gasteiger partial charge in [0.15, 0.2) is 0 Å². The van der Waals surface area contributed by atoms with Gasteiger partial charge in [0.05, 0.1) is 0 Å². The fourth-order valence-electron chi connectivity index (χ4n) is 4.05. The van der Waals surface area contributed by atoms with Gasteiger partial charge in [-0.2, -0.15) is 0 Å². The van der Waals surface area contributed by atoms with Crippen LogP contribution in [0.2, 0.25) is 0 Å². The second kappa shape index (κ2) is 3.47. The van der Waals surface area contributed by atoms with E-state index in [1.807, 2.05) is 0 Å². The van der Waals surface area contributed by atoms with Gasteiger partial charge in [0.25, 0.3) is 0 Å². The lowest BCUT2D eigenvalue weighted by atomic mass is 9.76. The molecule has 0 aromatic heterocycles. The fourth-order valence-corrected chi connectivity index (χ4v) is 4.05. The van der Waals surface area contributed by atoms with Gasteiger partial charge in [-0.3, -0.25) is 0 Å². The summed E-state index contributed by atoms with van der Waals surface area (Å²) in [5, 5.41) is 0. The Hall–Kier alpha value is -0.590. The van der Waals surface area contributed by atoms with Crippen LogP contribution in [-0.2, 0) is 4.79 Å². The van der Waals surface area contributed by atoms with Gasteiger partial charge >= 0.3 is 0 Å². The highest BCUT2D eigenvalue weighted by atomic mass is 16.1. The molecule has 0 aromatic rings. The zero-order valence-corrected chi connectivity index (χ0v) is 10.2. The van der Waals surface area contributed by atoms with E-state index in [1.165, 1.54) is 19.3 Å². The van der Waals surface area contributed by atoms with Gasteiger partial charge in [-0.1, -0.05) is 25.5 Å². The van der Waals surface area contributed by atoms with Crippen LogP contribution in [0.3, 0.4) is 0 Å². The van der Waals surface area contributed by atoms with Crippen molar-refractivity contribution < 1.29 is 4.79 Å². The van der Waals surface area contributed by atoms with Crippen LogP contribution < -0.4 is 0 Å². The number of aldehydes is 1. The van der Waals surface area contributed by atoms with Crippen molar-refractivity contribution in [3.8, 4) is 0 Å². The van der Waals surface area contributed by atoms with Crippen molar-refractivity contribution in [3.63, 3.8) is 0 Å². The predicted octanol–water partition coefficient (Wildman–Crippen LogP) is 3.74. The van der Waals surface area contributed by atoms with E-state index in [0.717, 1.165) is 25.0 Å². The molecule has 0 spiro atoms. The molecule has 15 heavy (non-hydrogen) atoms. The smallest absolute Gasteiger partial charge is 0.120 e. The lowest BCUT2D eigenvalue weighted by molar-refractivity contribution is -0.108. The van der Waals surface area contributed by atoms with Crippen molar-refractivity contribution in [1.82, 2.24) is 0 Å². The van der Waals surface area contributed by atoms with Gasteiger partial charge in [0.1, 0.15) is 6.29 Å². The van der Waals surface area contributed by atoms with E-state index < -0.39 is 0 Å². The minimum absolute atomic E-state index is 0.370. The Morgan fingerprint density at radius 3 is 2.93 bits per heavy atom. The zero-order valence-electron chi connectivity index (χ0n) is 10.2. The summed E-state index contributed by atoms with van der Waals surface area (Å²) in [4.78, 5) is 10.6. The standard InChI is InChI=1S/C14H22O/c1-11-7-12-9-13(2,3)10-14(12,8-11)5-4-6-15/h6,8,12H,4-5,7,9-10H2,1-3H3/t12-,14+/m1/s1. The van der Waals surface area contributed by atoms with Crippen molar-refractivity contribution in [2.45, 2.75) is 52.9 Å². The molecule has 2 aliphatic carbocycles. The number of hydrogen-bond donors (Lipinski definition) is 0. The molecule has 0 saturated heterocycles. The maximum absolute atomic E-state index is 10.6. The molecule has 0 unspecified atom stereocenters. The minimum Gasteiger partial charge on any atom is -0.303 e. The molecule has 0 heterocycles. The van der Waals surface area contributed by atoms with Crippen molar-refractivity contribution in [2.24, 2.45) is 16.7 Å². The van der Waals surface area contributed by atoms with Gasteiger partial charge in [-0.05, 0) is 49.4 Å². The molecule has 0 aromatic carbocycles. The summed E-state index contributed by atoms with van der Waals surface area (Å²) in [5.41, 5.74) is 2.39. The summed E-state index contributed by atoms with van der Waals surface area (Å²) >= 11 is 0. The van der Waals surface area contributed by atoms with Gasteiger partial charge in [0, 0.05) is 6.42 Å². The third kappa shape index (κ3) is 1.89. The second-order valence-corrected chi connectivity index (χ2v) is 6.38. The van der Waals surface area contributed by atoms with E-state index >= 15 is 0 Å². The van der Waals surface area contributed by atoms with Crippen molar-refractivity contribution in [1.29, 1.82) is 0 Å². The molecule has 1 nitrogen and oxygen atoms in total. The normalized spacial score (nSPS) is 37.5. The molecule has 0 aliphatic heterocycles. The topological polar surface area (TPSA) is 17.1 Å². The average Bonchev–Trinajstić information content (AvgIpc) is 2.49. The van der Waals surface area contributed by atoms with E-state index in [-0.39, 0.29) is 0 Å². The van der Waals surface area contributed by atoms with E-state index in [0.29, 0.717) is 10.8 Å². The Labute approximate surface area is 92.9 Å². The molecule has 84 valence electrons. The maximum atomic E-state index is 10.6. The molecular weight excluding hydrogens is 184 g/mol. The third-order valence-electron chi connectivity index (χ3n) is 4.25. The molecule has 2 rings (SSSR count). The lowest BCUT2D eigenvalue weighted by Crippen LogP contribution is -2.20. The molecule has 0 bridgehead atoms. The van der Waals surface area contributed by atoms with Gasteiger partial charge in [0.2, 0.25) is 0 Å². The molecule has 1 heteroatoms. The molecule has 0 N–H and O–H groups in total. The van der Waals surface area contributed by atoms with Crippen molar-refractivity contribution in [2.75, 3.05) is 0 Å². The monoisotopic (exact) mass is 206 g/mol. The summed E-state index contributed by atoms with van der Waals surface area (Å²) in [5.74, 6) is 0.812. The summed E-state index contributed by atoms with van der Waals surface area (Å²) in [6, 6.07) is 0. The van der Waals surface area contributed by atoms with Crippen LogP contribution in [0.5, 0.6) is 0 Å². The van der Waals surface area contributed by atoms with Crippen LogP contribution in [0.15, 0.2) is 11.6 Å². The zero-order chi connectivity index (χ0) is 11.1. The summed E-state index contributed by atoms with van der Waals surface area (Å²) in [7, 11) is 0. The van der Waals surface area contributed by atoms with E-state index in [1.54, 1.807) is 5.57 Å². The molecule has 1 saturated carbocycles. The molecule has 0 amide bonds. The first-order valence-corrected chi connectivity index (χ1v) is 6.09. The summed E-state index contributed by atoms with van der Waals surface area (Å²) in [6.07, 6.45) is 9.24. The SMILES string of the molecule is CC1=C[C@@]2(CCC=O)CC(C)(C)C[C@H]2C1. The van der Waals surface area contributed by atoms with E-state index in [2.05, 4.69) is 26.8 Å². The molecule has 2 atom stereocenters. The third-order valence-corrected chi connectivity index (χ3v) is 4.25. The summed E-state index contributed by atoms with van der Waals surface area (Å²) in [6.45, 7) is 6.99. The molecule has 1 fully saturated rings. The first-order valence-electron chi connectivity index (χ1n) is 6.09. The molecule has 0 radical (unpaired) electrons.